The van der Waals surface area contributed by atoms with Crippen LogP contribution in [0.15, 0.2) is 29.2 Å². The van der Waals surface area contributed by atoms with Gasteiger partial charge in [-0.3, -0.25) is 4.79 Å². The third-order valence-corrected chi connectivity index (χ3v) is 6.12. The van der Waals surface area contributed by atoms with E-state index in [2.05, 4.69) is 26.1 Å². The van der Waals surface area contributed by atoms with E-state index in [0.29, 0.717) is 31.7 Å². The lowest BCUT2D eigenvalue weighted by molar-refractivity contribution is -0.126. The number of carbonyl (C=O) groups excluding carboxylic acids is 1. The van der Waals surface area contributed by atoms with Gasteiger partial charge in [-0.1, -0.05) is 20.8 Å². The highest BCUT2D eigenvalue weighted by Crippen LogP contribution is 2.25. The molecule has 6 nitrogen and oxygen atoms in total. The van der Waals surface area contributed by atoms with Crippen molar-refractivity contribution < 1.29 is 17.9 Å². The topological polar surface area (TPSA) is 75.7 Å². The average Bonchev–Trinajstić information content (AvgIpc) is 2.59. The third-order valence-electron chi connectivity index (χ3n) is 4.25. The van der Waals surface area contributed by atoms with Crippen LogP contribution in [0.2, 0.25) is 0 Å². The summed E-state index contributed by atoms with van der Waals surface area (Å²) in [6, 6.07) is 6.34. The van der Waals surface area contributed by atoms with Crippen molar-refractivity contribution in [3.05, 3.63) is 24.3 Å². The summed E-state index contributed by atoms with van der Waals surface area (Å²) in [6.45, 7) is 7.40. The van der Waals surface area contributed by atoms with Crippen molar-refractivity contribution in [3.8, 4) is 5.75 Å². The first-order chi connectivity index (χ1) is 11.6. The highest BCUT2D eigenvalue weighted by Gasteiger charge is 2.33. The Kier molecular flexibility index (Phi) is 6.11. The minimum atomic E-state index is -3.60. The van der Waals surface area contributed by atoms with Gasteiger partial charge in [-0.25, -0.2) is 8.42 Å². The molecule has 0 bridgehead atoms. The third kappa shape index (κ3) is 5.19. The lowest BCUT2D eigenvalue weighted by Crippen LogP contribution is -2.46. The Bertz CT molecular complexity index is 693. The quantitative estimate of drug-likeness (QED) is 0.865. The maximum atomic E-state index is 12.8. The molecule has 1 aromatic rings. The highest BCUT2D eigenvalue weighted by molar-refractivity contribution is 7.89. The van der Waals surface area contributed by atoms with Crippen molar-refractivity contribution in [1.82, 2.24) is 9.62 Å². The van der Waals surface area contributed by atoms with Gasteiger partial charge >= 0.3 is 0 Å². The van der Waals surface area contributed by atoms with E-state index in [9.17, 15) is 13.2 Å². The first-order valence-electron chi connectivity index (χ1n) is 8.55. The first kappa shape index (κ1) is 19.7. The van der Waals surface area contributed by atoms with Gasteiger partial charge in [0.25, 0.3) is 0 Å². The van der Waals surface area contributed by atoms with Crippen LogP contribution in [0.4, 0.5) is 0 Å². The molecule has 1 amide bonds. The smallest absolute Gasteiger partial charge is 0.243 e. The van der Waals surface area contributed by atoms with E-state index in [1.165, 1.54) is 23.5 Å². The number of carbonyl (C=O) groups is 1. The molecule has 1 atom stereocenters. The van der Waals surface area contributed by atoms with Crippen LogP contribution in [0.5, 0.6) is 5.75 Å². The summed E-state index contributed by atoms with van der Waals surface area (Å²) in [7, 11) is -2.06. The second-order valence-electron chi connectivity index (χ2n) is 7.66. The second kappa shape index (κ2) is 7.74. The first-order valence-corrected chi connectivity index (χ1v) is 9.99. The Morgan fingerprint density at radius 3 is 2.48 bits per heavy atom. The molecule has 0 saturated carbocycles. The Morgan fingerprint density at radius 2 is 1.92 bits per heavy atom. The van der Waals surface area contributed by atoms with Gasteiger partial charge in [0.15, 0.2) is 0 Å². The second-order valence-corrected chi connectivity index (χ2v) is 9.59. The van der Waals surface area contributed by atoms with E-state index in [1.807, 2.05) is 0 Å². The number of hydrogen-bond acceptors (Lipinski definition) is 4. The van der Waals surface area contributed by atoms with Gasteiger partial charge in [0.2, 0.25) is 15.9 Å². The fourth-order valence-corrected chi connectivity index (χ4v) is 4.29. The molecule has 1 heterocycles. The number of nitrogens with one attached hydrogen (secondary N) is 1. The molecule has 2 rings (SSSR count). The molecule has 25 heavy (non-hydrogen) atoms. The molecule has 1 aliphatic rings. The summed E-state index contributed by atoms with van der Waals surface area (Å²) in [5, 5.41) is 2.94. The van der Waals surface area contributed by atoms with Crippen molar-refractivity contribution in [2.45, 2.75) is 38.5 Å². The van der Waals surface area contributed by atoms with Gasteiger partial charge in [-0.2, -0.15) is 4.31 Å². The van der Waals surface area contributed by atoms with E-state index >= 15 is 0 Å². The van der Waals surface area contributed by atoms with Gasteiger partial charge in [0, 0.05) is 19.6 Å². The highest BCUT2D eigenvalue weighted by atomic mass is 32.2. The van der Waals surface area contributed by atoms with Crippen LogP contribution >= 0.6 is 0 Å². The SMILES string of the molecule is COc1ccc(S(=O)(=O)N2CCC[C@@H](C(=O)NCC(C)(C)C)C2)cc1. The summed E-state index contributed by atoms with van der Waals surface area (Å²) in [5.41, 5.74) is -0.000809. The van der Waals surface area contributed by atoms with Gasteiger partial charge in [0.1, 0.15) is 5.75 Å². The van der Waals surface area contributed by atoms with E-state index in [0.717, 1.165) is 0 Å². The molecule has 1 aliphatic heterocycles. The Hall–Kier alpha value is -1.60. The van der Waals surface area contributed by atoms with Gasteiger partial charge in [0.05, 0.1) is 17.9 Å². The standard InChI is InChI=1S/C18H28N2O4S/c1-18(2,3)13-19-17(21)14-6-5-11-20(12-14)25(22,23)16-9-7-15(24-4)8-10-16/h7-10,14H,5-6,11-13H2,1-4H3,(H,19,21)/t14-/m1/s1. The number of piperidine rings is 1. The van der Waals surface area contributed by atoms with Crippen LogP contribution < -0.4 is 10.1 Å². The number of nitrogens with zero attached hydrogens (tertiary/aromatic N) is 1. The minimum Gasteiger partial charge on any atom is -0.497 e. The minimum absolute atomic E-state index is 0.000809. The predicted molar refractivity (Wildman–Crippen MR) is 96.9 cm³/mol. The average molecular weight is 368 g/mol. The molecule has 0 unspecified atom stereocenters. The van der Waals surface area contributed by atoms with Crippen molar-refractivity contribution >= 4 is 15.9 Å². The molecular formula is C18H28N2O4S. The fraction of sp³-hybridized carbons (Fsp3) is 0.611. The van der Waals surface area contributed by atoms with E-state index in [4.69, 9.17) is 4.74 Å². The van der Waals surface area contributed by atoms with Crippen LogP contribution in [-0.4, -0.2) is 45.4 Å². The van der Waals surface area contributed by atoms with Crippen molar-refractivity contribution in [2.75, 3.05) is 26.7 Å². The number of amides is 1. The summed E-state index contributed by atoms with van der Waals surface area (Å²) in [4.78, 5) is 12.6. The number of ether oxygens (including phenoxy) is 1. The Labute approximate surface area is 150 Å². The molecule has 1 N–H and O–H groups in total. The maximum absolute atomic E-state index is 12.8. The van der Waals surface area contributed by atoms with E-state index in [-0.39, 0.29) is 28.7 Å². The van der Waals surface area contributed by atoms with Crippen LogP contribution in [-0.2, 0) is 14.8 Å². The normalized spacial score (nSPS) is 19.4. The molecule has 1 fully saturated rings. The van der Waals surface area contributed by atoms with Crippen LogP contribution in [0.1, 0.15) is 33.6 Å². The Morgan fingerprint density at radius 1 is 1.28 bits per heavy atom. The van der Waals surface area contributed by atoms with Crippen molar-refractivity contribution in [1.29, 1.82) is 0 Å². The molecular weight excluding hydrogens is 340 g/mol. The van der Waals surface area contributed by atoms with Crippen LogP contribution in [0, 0.1) is 11.3 Å². The fourth-order valence-electron chi connectivity index (χ4n) is 2.77. The lowest BCUT2D eigenvalue weighted by atomic mass is 9.95. The predicted octanol–water partition coefficient (Wildman–Crippen LogP) is 2.26. The molecule has 140 valence electrons. The Balaban J connectivity index is 2.07. The molecule has 0 radical (unpaired) electrons. The van der Waals surface area contributed by atoms with Gasteiger partial charge in [-0.15, -0.1) is 0 Å². The summed E-state index contributed by atoms with van der Waals surface area (Å²) < 4.78 is 32.1. The molecule has 0 aromatic heterocycles. The number of sulfonamides is 1. The van der Waals surface area contributed by atoms with Gasteiger partial charge < -0.3 is 10.1 Å². The molecule has 7 heteroatoms. The molecule has 1 saturated heterocycles. The molecule has 1 aromatic carbocycles. The van der Waals surface area contributed by atoms with E-state index < -0.39 is 10.0 Å². The van der Waals surface area contributed by atoms with E-state index in [1.54, 1.807) is 12.1 Å². The zero-order chi connectivity index (χ0) is 18.7. The summed E-state index contributed by atoms with van der Waals surface area (Å²) in [6.07, 6.45) is 1.40. The van der Waals surface area contributed by atoms with Crippen LogP contribution in [0.3, 0.4) is 0 Å². The van der Waals surface area contributed by atoms with Crippen molar-refractivity contribution in [3.63, 3.8) is 0 Å². The number of hydrogen-bond donors (Lipinski definition) is 1. The van der Waals surface area contributed by atoms with Crippen molar-refractivity contribution in [2.24, 2.45) is 11.3 Å². The maximum Gasteiger partial charge on any atom is 0.243 e. The zero-order valence-electron chi connectivity index (χ0n) is 15.4. The monoisotopic (exact) mass is 368 g/mol. The zero-order valence-corrected chi connectivity index (χ0v) is 16.2. The number of rotatable bonds is 5. The molecule has 0 spiro atoms. The number of benzene rings is 1. The number of methoxy groups -OCH3 is 1. The lowest BCUT2D eigenvalue weighted by Gasteiger charge is -2.32. The van der Waals surface area contributed by atoms with Gasteiger partial charge in [-0.05, 0) is 42.5 Å². The van der Waals surface area contributed by atoms with Crippen LogP contribution in [0.25, 0.3) is 0 Å². The summed E-state index contributed by atoms with van der Waals surface area (Å²) >= 11 is 0. The molecule has 0 aliphatic carbocycles. The largest absolute Gasteiger partial charge is 0.497 e. The summed E-state index contributed by atoms with van der Waals surface area (Å²) in [5.74, 6) is 0.241.